The highest BCUT2D eigenvalue weighted by Gasteiger charge is 2.36. The number of nitrogens with one attached hydrogen (secondary N) is 2. The molecule has 0 spiro atoms. The maximum Gasteiger partial charge on any atom is 0.260 e. The average Bonchev–Trinajstić information content (AvgIpc) is 3.22. The Bertz CT molecular complexity index is 923. The third-order valence-electron chi connectivity index (χ3n) is 4.67. The number of rotatable bonds is 6. The van der Waals surface area contributed by atoms with Gasteiger partial charge >= 0.3 is 0 Å². The summed E-state index contributed by atoms with van der Waals surface area (Å²) in [5.41, 5.74) is 7.12. The molecule has 9 heteroatoms. The highest BCUT2D eigenvalue weighted by molar-refractivity contribution is 6.01. The van der Waals surface area contributed by atoms with Crippen LogP contribution in [0, 0.1) is 19.8 Å². The topological polar surface area (TPSA) is 106 Å². The van der Waals surface area contributed by atoms with Crippen LogP contribution < -0.4 is 20.5 Å². The minimum absolute atomic E-state index is 0.00257. The van der Waals surface area contributed by atoms with Gasteiger partial charge in [0, 0.05) is 18.7 Å². The number of aromatic nitrogens is 2. The predicted molar refractivity (Wildman–Crippen MR) is 106 cm³/mol. The Morgan fingerprint density at radius 2 is 2.00 bits per heavy atom. The van der Waals surface area contributed by atoms with Gasteiger partial charge in [-0.15, -0.1) is 0 Å². The maximum atomic E-state index is 12.5. The molecule has 9 nitrogen and oxygen atoms in total. The molecule has 2 aromatic rings. The lowest BCUT2D eigenvalue weighted by atomic mass is 10.1. The van der Waals surface area contributed by atoms with E-state index in [1.165, 1.54) is 0 Å². The molecule has 1 fully saturated rings. The fraction of sp³-hybridized carbons (Fsp3) is 0.400. The zero-order chi connectivity index (χ0) is 21.0. The van der Waals surface area contributed by atoms with Crippen molar-refractivity contribution in [3.8, 4) is 5.75 Å². The van der Waals surface area contributed by atoms with E-state index in [9.17, 15) is 14.4 Å². The third kappa shape index (κ3) is 4.74. The molecule has 1 aliphatic heterocycles. The minimum Gasteiger partial charge on any atom is -0.492 e. The summed E-state index contributed by atoms with van der Waals surface area (Å²) in [6, 6.07) is 9.10. The van der Waals surface area contributed by atoms with Crippen molar-refractivity contribution in [1.82, 2.24) is 20.6 Å². The molecule has 1 aliphatic rings. The molecular formula is C20H25N5O4. The standard InChI is InChI=1S/C20H25N5O4/c1-4-29-17-8-6-5-7-16(17)24-11-15(10-19(24)27)20(28)22-21-18(26)12-25-14(3)9-13(2)23-25/h5-9,15H,4,10-12H2,1-3H3,(H,21,26)(H,22,28)/t15-/m0/s1. The van der Waals surface area contributed by atoms with Crippen molar-refractivity contribution in [2.45, 2.75) is 33.7 Å². The summed E-state index contributed by atoms with van der Waals surface area (Å²) in [7, 11) is 0. The lowest BCUT2D eigenvalue weighted by Crippen LogP contribution is -2.46. The SMILES string of the molecule is CCOc1ccccc1N1C[C@@H](C(=O)NNC(=O)Cn2nc(C)cc2C)CC1=O. The zero-order valence-electron chi connectivity index (χ0n) is 16.8. The largest absolute Gasteiger partial charge is 0.492 e. The summed E-state index contributed by atoms with van der Waals surface area (Å²) in [5.74, 6) is -0.927. The van der Waals surface area contributed by atoms with Gasteiger partial charge in [-0.2, -0.15) is 5.10 Å². The number of ether oxygens (including phenoxy) is 1. The number of amides is 3. The fourth-order valence-electron chi connectivity index (χ4n) is 3.32. The van der Waals surface area contributed by atoms with Crippen LogP contribution in [-0.2, 0) is 20.9 Å². The first kappa shape index (κ1) is 20.4. The summed E-state index contributed by atoms with van der Waals surface area (Å²) < 4.78 is 7.14. The van der Waals surface area contributed by atoms with Crippen LogP contribution in [0.2, 0.25) is 0 Å². The first-order valence-corrected chi connectivity index (χ1v) is 9.51. The van der Waals surface area contributed by atoms with E-state index in [0.717, 1.165) is 11.4 Å². The van der Waals surface area contributed by atoms with Gasteiger partial charge in [0.25, 0.3) is 5.91 Å². The van der Waals surface area contributed by atoms with Crippen LogP contribution in [0.15, 0.2) is 30.3 Å². The maximum absolute atomic E-state index is 12.5. The molecular weight excluding hydrogens is 374 g/mol. The summed E-state index contributed by atoms with van der Waals surface area (Å²) in [4.78, 5) is 38.5. The minimum atomic E-state index is -0.564. The quantitative estimate of drug-likeness (QED) is 0.708. The average molecular weight is 399 g/mol. The van der Waals surface area contributed by atoms with Gasteiger partial charge in [-0.25, -0.2) is 0 Å². The second kappa shape index (κ2) is 8.76. The van der Waals surface area contributed by atoms with Crippen LogP contribution in [0.25, 0.3) is 0 Å². The van der Waals surface area contributed by atoms with E-state index < -0.39 is 17.7 Å². The Hall–Kier alpha value is -3.36. The Balaban J connectivity index is 1.56. The lowest BCUT2D eigenvalue weighted by molar-refractivity contribution is -0.131. The van der Waals surface area contributed by atoms with E-state index in [1.807, 2.05) is 39.0 Å². The van der Waals surface area contributed by atoms with E-state index in [2.05, 4.69) is 16.0 Å². The number of aryl methyl sites for hydroxylation is 2. The Morgan fingerprint density at radius 1 is 1.24 bits per heavy atom. The molecule has 154 valence electrons. The number of carbonyl (C=O) groups is 3. The smallest absolute Gasteiger partial charge is 0.260 e. The first-order valence-electron chi connectivity index (χ1n) is 9.51. The molecule has 29 heavy (non-hydrogen) atoms. The number of hydrazine groups is 1. The van der Waals surface area contributed by atoms with Gasteiger partial charge in [0.1, 0.15) is 12.3 Å². The van der Waals surface area contributed by atoms with Gasteiger partial charge < -0.3 is 9.64 Å². The van der Waals surface area contributed by atoms with Gasteiger partial charge in [-0.05, 0) is 39.0 Å². The van der Waals surface area contributed by atoms with E-state index in [-0.39, 0.29) is 25.4 Å². The van der Waals surface area contributed by atoms with Crippen LogP contribution in [0.1, 0.15) is 24.7 Å². The van der Waals surface area contributed by atoms with Crippen LogP contribution >= 0.6 is 0 Å². The van der Waals surface area contributed by atoms with E-state index in [4.69, 9.17) is 4.74 Å². The zero-order valence-corrected chi connectivity index (χ0v) is 16.8. The number of para-hydroxylation sites is 2. The van der Waals surface area contributed by atoms with Crippen molar-refractivity contribution in [2.75, 3.05) is 18.1 Å². The molecule has 0 saturated carbocycles. The summed E-state index contributed by atoms with van der Waals surface area (Å²) in [5, 5.41) is 4.21. The monoisotopic (exact) mass is 399 g/mol. The highest BCUT2D eigenvalue weighted by atomic mass is 16.5. The molecule has 2 N–H and O–H groups in total. The third-order valence-corrected chi connectivity index (χ3v) is 4.67. The molecule has 0 radical (unpaired) electrons. The van der Waals surface area contributed by atoms with Crippen molar-refractivity contribution in [2.24, 2.45) is 5.92 Å². The van der Waals surface area contributed by atoms with Gasteiger partial charge in [-0.1, -0.05) is 12.1 Å². The molecule has 0 aliphatic carbocycles. The molecule has 3 amide bonds. The number of hydrogen-bond acceptors (Lipinski definition) is 5. The fourth-order valence-corrected chi connectivity index (χ4v) is 3.32. The van der Waals surface area contributed by atoms with E-state index in [0.29, 0.717) is 18.0 Å². The van der Waals surface area contributed by atoms with Crippen molar-refractivity contribution in [3.63, 3.8) is 0 Å². The molecule has 0 bridgehead atoms. The molecule has 3 rings (SSSR count). The Morgan fingerprint density at radius 3 is 2.69 bits per heavy atom. The second-order valence-corrected chi connectivity index (χ2v) is 6.93. The van der Waals surface area contributed by atoms with Crippen molar-refractivity contribution in [3.05, 3.63) is 41.7 Å². The Labute approximate surface area is 169 Å². The highest BCUT2D eigenvalue weighted by Crippen LogP contribution is 2.33. The number of nitrogens with zero attached hydrogens (tertiary/aromatic N) is 3. The lowest BCUT2D eigenvalue weighted by Gasteiger charge is -2.20. The second-order valence-electron chi connectivity index (χ2n) is 6.93. The first-order chi connectivity index (χ1) is 13.9. The van der Waals surface area contributed by atoms with Gasteiger partial charge in [-0.3, -0.25) is 29.9 Å². The van der Waals surface area contributed by atoms with Crippen LogP contribution in [-0.4, -0.2) is 40.7 Å². The molecule has 1 aromatic carbocycles. The molecule has 1 atom stereocenters. The summed E-state index contributed by atoms with van der Waals surface area (Å²) >= 11 is 0. The molecule has 0 unspecified atom stereocenters. The summed E-state index contributed by atoms with van der Waals surface area (Å²) in [6.07, 6.45) is 0.0691. The van der Waals surface area contributed by atoms with Crippen LogP contribution in [0.3, 0.4) is 0 Å². The number of anilines is 1. The molecule has 1 aromatic heterocycles. The normalized spacial score (nSPS) is 16.0. The van der Waals surface area contributed by atoms with Gasteiger partial charge in [0.15, 0.2) is 0 Å². The van der Waals surface area contributed by atoms with Crippen molar-refractivity contribution in [1.29, 1.82) is 0 Å². The van der Waals surface area contributed by atoms with Crippen LogP contribution in [0.4, 0.5) is 5.69 Å². The van der Waals surface area contributed by atoms with Gasteiger partial charge in [0.05, 0.1) is 23.9 Å². The van der Waals surface area contributed by atoms with Crippen molar-refractivity contribution < 1.29 is 19.1 Å². The Kier molecular flexibility index (Phi) is 6.16. The predicted octanol–water partition coefficient (Wildman–Crippen LogP) is 1.10. The van der Waals surface area contributed by atoms with E-state index >= 15 is 0 Å². The van der Waals surface area contributed by atoms with E-state index in [1.54, 1.807) is 21.7 Å². The number of benzene rings is 1. The molecule has 2 heterocycles. The van der Waals surface area contributed by atoms with Crippen LogP contribution in [0.5, 0.6) is 5.75 Å². The molecule has 1 saturated heterocycles. The van der Waals surface area contributed by atoms with Crippen molar-refractivity contribution >= 4 is 23.4 Å². The van der Waals surface area contributed by atoms with Gasteiger partial charge in [0.2, 0.25) is 11.8 Å². The number of carbonyl (C=O) groups excluding carboxylic acids is 3. The number of hydrogen-bond donors (Lipinski definition) is 2. The summed E-state index contributed by atoms with van der Waals surface area (Å²) in [6.45, 7) is 6.26.